The molecule has 2 aromatic carbocycles. The monoisotopic (exact) mass is 417 g/mol. The lowest BCUT2D eigenvalue weighted by molar-refractivity contribution is -0.0500. The van der Waals surface area contributed by atoms with Gasteiger partial charge in [-0.05, 0) is 53.9 Å². The number of halogens is 4. The lowest BCUT2D eigenvalue weighted by Gasteiger charge is -2.37. The summed E-state index contributed by atoms with van der Waals surface area (Å²) < 4.78 is 64.6. The number of rotatable bonds is 3. The van der Waals surface area contributed by atoms with Crippen molar-refractivity contribution in [2.24, 2.45) is 0 Å². The van der Waals surface area contributed by atoms with Crippen LogP contribution in [0.1, 0.15) is 23.1 Å². The van der Waals surface area contributed by atoms with Crippen LogP contribution >= 0.6 is 11.6 Å². The van der Waals surface area contributed by atoms with E-state index in [0.717, 1.165) is 36.2 Å². The second kappa shape index (κ2) is 6.12. The summed E-state index contributed by atoms with van der Waals surface area (Å²) in [6.07, 6.45) is 0.864. The van der Waals surface area contributed by atoms with Gasteiger partial charge in [0.25, 0.3) is 0 Å². The van der Waals surface area contributed by atoms with E-state index in [2.05, 4.69) is 9.08 Å². The Morgan fingerprint density at radius 2 is 1.81 bits per heavy atom. The predicted molar refractivity (Wildman–Crippen MR) is 94.2 cm³/mol. The van der Waals surface area contributed by atoms with Crippen LogP contribution in [0.2, 0.25) is 5.02 Å². The highest BCUT2D eigenvalue weighted by Gasteiger charge is 2.49. The largest absolute Gasteiger partial charge is 0.534 e. The SMILES string of the molecule is O=S(=O)(Oc1ccc2c(c1)CN1CCC2(c2ccc(Cl)cc2)C1)C(F)(F)F. The van der Waals surface area contributed by atoms with Crippen LogP contribution in [-0.2, 0) is 22.1 Å². The third kappa shape index (κ3) is 3.09. The Kier molecular flexibility index (Phi) is 4.21. The maximum atomic E-state index is 12.6. The maximum absolute atomic E-state index is 12.6. The van der Waals surface area contributed by atoms with Crippen LogP contribution in [0.5, 0.6) is 5.75 Å². The third-order valence-corrected chi connectivity index (χ3v) is 6.45. The topological polar surface area (TPSA) is 46.6 Å². The van der Waals surface area contributed by atoms with Crippen LogP contribution in [-0.4, -0.2) is 31.9 Å². The molecule has 0 spiro atoms. The fourth-order valence-electron chi connectivity index (χ4n) is 4.04. The van der Waals surface area contributed by atoms with E-state index < -0.39 is 15.6 Å². The summed E-state index contributed by atoms with van der Waals surface area (Å²) in [5, 5.41) is 0.627. The Hall–Kier alpha value is -1.77. The summed E-state index contributed by atoms with van der Waals surface area (Å²) in [7, 11) is -5.69. The molecule has 0 aliphatic carbocycles. The first-order chi connectivity index (χ1) is 12.6. The van der Waals surface area contributed by atoms with E-state index in [1.54, 1.807) is 6.07 Å². The Bertz CT molecular complexity index is 992. The zero-order chi connectivity index (χ0) is 19.4. The lowest BCUT2D eigenvalue weighted by Crippen LogP contribution is -2.37. The molecule has 2 heterocycles. The van der Waals surface area contributed by atoms with Crippen molar-refractivity contribution in [3.63, 3.8) is 0 Å². The van der Waals surface area contributed by atoms with Crippen molar-refractivity contribution in [1.82, 2.24) is 4.90 Å². The Morgan fingerprint density at radius 1 is 1.11 bits per heavy atom. The van der Waals surface area contributed by atoms with E-state index in [1.807, 2.05) is 24.3 Å². The molecule has 2 aliphatic rings. The van der Waals surface area contributed by atoms with Crippen molar-refractivity contribution in [3.8, 4) is 5.75 Å². The fraction of sp³-hybridized carbons (Fsp3) is 0.333. The first-order valence-corrected chi connectivity index (χ1v) is 10.0. The molecule has 2 bridgehead atoms. The zero-order valence-corrected chi connectivity index (χ0v) is 15.5. The van der Waals surface area contributed by atoms with Crippen LogP contribution in [0.15, 0.2) is 42.5 Å². The van der Waals surface area contributed by atoms with Gasteiger partial charge < -0.3 is 4.18 Å². The number of fused-ring (bicyclic) bond motifs is 4. The summed E-state index contributed by atoms with van der Waals surface area (Å²) in [4.78, 5) is 2.19. The minimum Gasteiger partial charge on any atom is -0.376 e. The molecule has 2 aliphatic heterocycles. The molecule has 2 atom stereocenters. The highest BCUT2D eigenvalue weighted by molar-refractivity contribution is 7.88. The molecule has 2 aromatic rings. The molecule has 0 N–H and O–H groups in total. The molecule has 4 nitrogen and oxygen atoms in total. The lowest BCUT2D eigenvalue weighted by atomic mass is 9.71. The molecule has 0 aromatic heterocycles. The standard InChI is InChI=1S/C18H15ClF3NO3S/c19-14-3-1-13(2-4-14)17-7-8-23(11-17)10-12-9-15(5-6-16(12)17)26-27(24,25)18(20,21)22/h1-6,9H,7-8,10-11H2. The first kappa shape index (κ1) is 18.6. The van der Waals surface area contributed by atoms with Gasteiger partial charge in [0, 0.05) is 23.5 Å². The summed E-state index contributed by atoms with van der Waals surface area (Å²) in [6.45, 7) is 2.17. The predicted octanol–water partition coefficient (Wildman–Crippen LogP) is 4.07. The Morgan fingerprint density at radius 3 is 2.48 bits per heavy atom. The van der Waals surface area contributed by atoms with E-state index >= 15 is 0 Å². The van der Waals surface area contributed by atoms with Crippen molar-refractivity contribution >= 4 is 21.7 Å². The van der Waals surface area contributed by atoms with Gasteiger partial charge in [0.2, 0.25) is 0 Å². The molecule has 144 valence electrons. The van der Waals surface area contributed by atoms with Gasteiger partial charge >= 0.3 is 15.6 Å². The van der Waals surface area contributed by atoms with E-state index in [0.29, 0.717) is 11.6 Å². The van der Waals surface area contributed by atoms with Crippen molar-refractivity contribution in [2.75, 3.05) is 13.1 Å². The van der Waals surface area contributed by atoms with Crippen molar-refractivity contribution in [2.45, 2.75) is 23.9 Å². The van der Waals surface area contributed by atoms with Gasteiger partial charge in [-0.2, -0.15) is 21.6 Å². The van der Waals surface area contributed by atoms with Gasteiger partial charge in [0.15, 0.2) is 0 Å². The molecule has 1 saturated heterocycles. The fourth-order valence-corrected chi connectivity index (χ4v) is 4.62. The molecule has 2 unspecified atom stereocenters. The molecule has 9 heteroatoms. The number of benzene rings is 2. The number of hydrogen-bond donors (Lipinski definition) is 0. The maximum Gasteiger partial charge on any atom is 0.534 e. The molecular weight excluding hydrogens is 403 g/mol. The van der Waals surface area contributed by atoms with E-state index in [-0.39, 0.29) is 11.2 Å². The zero-order valence-electron chi connectivity index (χ0n) is 14.0. The van der Waals surface area contributed by atoms with Crippen LogP contribution in [0.25, 0.3) is 0 Å². The van der Waals surface area contributed by atoms with Crippen LogP contribution in [0, 0.1) is 0 Å². The van der Waals surface area contributed by atoms with Crippen LogP contribution < -0.4 is 4.18 Å². The number of hydrogen-bond acceptors (Lipinski definition) is 4. The van der Waals surface area contributed by atoms with Gasteiger partial charge in [0.05, 0.1) is 0 Å². The van der Waals surface area contributed by atoms with Crippen molar-refractivity contribution in [3.05, 3.63) is 64.2 Å². The van der Waals surface area contributed by atoms with E-state index in [9.17, 15) is 21.6 Å². The average molecular weight is 418 g/mol. The van der Waals surface area contributed by atoms with Gasteiger partial charge in [-0.15, -0.1) is 0 Å². The van der Waals surface area contributed by atoms with E-state index in [1.165, 1.54) is 12.1 Å². The normalized spacial score (nSPS) is 24.5. The van der Waals surface area contributed by atoms with Gasteiger partial charge in [-0.25, -0.2) is 0 Å². The van der Waals surface area contributed by atoms with Gasteiger partial charge in [-0.1, -0.05) is 29.8 Å². The highest BCUT2D eigenvalue weighted by atomic mass is 35.5. The molecule has 4 rings (SSSR count). The van der Waals surface area contributed by atoms with Crippen molar-refractivity contribution in [1.29, 1.82) is 0 Å². The number of nitrogens with zero attached hydrogens (tertiary/aromatic N) is 1. The van der Waals surface area contributed by atoms with Crippen LogP contribution in [0.4, 0.5) is 13.2 Å². The average Bonchev–Trinajstić information content (AvgIpc) is 2.93. The summed E-state index contributed by atoms with van der Waals surface area (Å²) in [6, 6.07) is 11.9. The minimum atomic E-state index is -5.69. The second-order valence-electron chi connectivity index (χ2n) is 6.85. The molecule has 0 saturated carbocycles. The third-order valence-electron chi connectivity index (χ3n) is 5.22. The Labute approximate surface area is 159 Å². The highest BCUT2D eigenvalue weighted by Crippen LogP contribution is 2.47. The molecule has 0 radical (unpaired) electrons. The molecule has 27 heavy (non-hydrogen) atoms. The second-order valence-corrected chi connectivity index (χ2v) is 8.83. The number of alkyl halides is 3. The summed E-state index contributed by atoms with van der Waals surface area (Å²) in [5.74, 6) is -0.333. The van der Waals surface area contributed by atoms with Gasteiger partial charge in [0.1, 0.15) is 5.75 Å². The smallest absolute Gasteiger partial charge is 0.376 e. The molecular formula is C18H15ClF3NO3S. The van der Waals surface area contributed by atoms with Crippen LogP contribution in [0.3, 0.4) is 0 Å². The van der Waals surface area contributed by atoms with Gasteiger partial charge in [-0.3, -0.25) is 4.90 Å². The van der Waals surface area contributed by atoms with E-state index in [4.69, 9.17) is 11.6 Å². The first-order valence-electron chi connectivity index (χ1n) is 8.23. The quantitative estimate of drug-likeness (QED) is 0.558. The summed E-state index contributed by atoms with van der Waals surface area (Å²) in [5.41, 5.74) is -2.93. The molecule has 1 fully saturated rings. The minimum absolute atomic E-state index is 0.292. The summed E-state index contributed by atoms with van der Waals surface area (Å²) >= 11 is 5.99. The Balaban J connectivity index is 1.75. The molecule has 0 amide bonds. The van der Waals surface area contributed by atoms with Crippen molar-refractivity contribution < 1.29 is 25.8 Å².